The van der Waals surface area contributed by atoms with E-state index in [9.17, 15) is 9.59 Å². The zero-order valence-corrected chi connectivity index (χ0v) is 15.1. The first-order chi connectivity index (χ1) is 12.5. The lowest BCUT2D eigenvalue weighted by Gasteiger charge is -2.28. The monoisotopic (exact) mass is 353 g/mol. The van der Waals surface area contributed by atoms with Crippen molar-refractivity contribution in [2.45, 2.75) is 38.5 Å². The molecule has 0 unspecified atom stereocenters. The lowest BCUT2D eigenvalue weighted by atomic mass is 9.92. The summed E-state index contributed by atoms with van der Waals surface area (Å²) >= 11 is 0. The van der Waals surface area contributed by atoms with Crippen LogP contribution in [0.2, 0.25) is 0 Å². The average molecular weight is 353 g/mol. The lowest BCUT2D eigenvalue weighted by Crippen LogP contribution is -2.47. The Balaban J connectivity index is 1.66. The van der Waals surface area contributed by atoms with Gasteiger partial charge in [-0.2, -0.15) is 0 Å². The number of benzene rings is 2. The molecule has 1 heterocycles. The van der Waals surface area contributed by atoms with Crippen LogP contribution in [0.5, 0.6) is 0 Å². The molecule has 2 aromatic carbocycles. The number of carbonyl (C=O) groups is 2. The second-order valence-electron chi connectivity index (χ2n) is 6.92. The number of hydrogen-bond donors (Lipinski definition) is 0. The van der Waals surface area contributed by atoms with Crippen LogP contribution in [-0.2, 0) is 27.3 Å². The molecular formula is C21H23NO4. The minimum atomic E-state index is -0.748. The summed E-state index contributed by atoms with van der Waals surface area (Å²) in [6.45, 7) is 3.82. The minimum Gasteiger partial charge on any atom is -0.441 e. The highest BCUT2D eigenvalue weighted by Crippen LogP contribution is 2.32. The van der Waals surface area contributed by atoms with E-state index >= 15 is 0 Å². The topological polar surface area (TPSA) is 55.8 Å². The van der Waals surface area contributed by atoms with Crippen molar-refractivity contribution >= 4 is 12.0 Å². The summed E-state index contributed by atoms with van der Waals surface area (Å²) in [5.41, 5.74) is 1.28. The summed E-state index contributed by atoms with van der Waals surface area (Å²) in [5, 5.41) is 0. The fourth-order valence-corrected chi connectivity index (χ4v) is 3.13. The van der Waals surface area contributed by atoms with Crippen LogP contribution in [0, 0.1) is 0 Å². The molecule has 1 fully saturated rings. The Morgan fingerprint density at radius 2 is 1.62 bits per heavy atom. The molecule has 0 spiro atoms. The standard InChI is InChI=1S/C21H23NO4/c1-21(2)18(13-16-9-5-3-6-10-16)22(20(24)26-21)19(23)15-25-14-17-11-7-4-8-12-17/h3-12,18H,13-15H2,1-2H3/t18-/m0/s1. The molecule has 1 saturated heterocycles. The van der Waals surface area contributed by atoms with Gasteiger partial charge in [0.2, 0.25) is 0 Å². The predicted molar refractivity (Wildman–Crippen MR) is 97.4 cm³/mol. The molecule has 136 valence electrons. The number of rotatable bonds is 6. The molecular weight excluding hydrogens is 330 g/mol. The summed E-state index contributed by atoms with van der Waals surface area (Å²) in [7, 11) is 0. The van der Waals surface area contributed by atoms with Gasteiger partial charge < -0.3 is 9.47 Å². The Morgan fingerprint density at radius 1 is 1.04 bits per heavy atom. The molecule has 1 atom stereocenters. The number of imide groups is 1. The number of nitrogens with zero attached hydrogens (tertiary/aromatic N) is 1. The summed E-state index contributed by atoms with van der Waals surface area (Å²) in [4.78, 5) is 26.1. The summed E-state index contributed by atoms with van der Waals surface area (Å²) in [5.74, 6) is -0.377. The van der Waals surface area contributed by atoms with Crippen molar-refractivity contribution in [3.8, 4) is 0 Å². The molecule has 3 rings (SSSR count). The highest BCUT2D eigenvalue weighted by molar-refractivity contribution is 5.94. The highest BCUT2D eigenvalue weighted by Gasteiger charge is 2.50. The number of amides is 2. The van der Waals surface area contributed by atoms with Gasteiger partial charge >= 0.3 is 6.09 Å². The molecule has 5 nitrogen and oxygen atoms in total. The Labute approximate surface area is 153 Å². The smallest absolute Gasteiger partial charge is 0.417 e. The third kappa shape index (κ3) is 4.11. The fraction of sp³-hybridized carbons (Fsp3) is 0.333. The Bertz CT molecular complexity index is 758. The van der Waals surface area contributed by atoms with Crippen LogP contribution >= 0.6 is 0 Å². The van der Waals surface area contributed by atoms with Gasteiger partial charge in [0.25, 0.3) is 5.91 Å². The van der Waals surface area contributed by atoms with E-state index in [2.05, 4.69) is 0 Å². The van der Waals surface area contributed by atoms with Crippen LogP contribution in [0.15, 0.2) is 60.7 Å². The maximum atomic E-state index is 12.6. The van der Waals surface area contributed by atoms with Crippen molar-refractivity contribution in [2.75, 3.05) is 6.61 Å². The van der Waals surface area contributed by atoms with Gasteiger partial charge in [-0.1, -0.05) is 60.7 Å². The van der Waals surface area contributed by atoms with E-state index in [1.165, 1.54) is 4.90 Å². The first-order valence-electron chi connectivity index (χ1n) is 8.68. The number of carbonyl (C=O) groups excluding carboxylic acids is 2. The van der Waals surface area contributed by atoms with Crippen molar-refractivity contribution in [3.63, 3.8) is 0 Å². The van der Waals surface area contributed by atoms with E-state index in [-0.39, 0.29) is 18.6 Å². The van der Waals surface area contributed by atoms with Gasteiger partial charge in [-0.15, -0.1) is 0 Å². The zero-order chi connectivity index (χ0) is 18.6. The third-order valence-electron chi connectivity index (χ3n) is 4.54. The maximum absolute atomic E-state index is 12.6. The van der Waals surface area contributed by atoms with Gasteiger partial charge in [-0.25, -0.2) is 9.69 Å². The second kappa shape index (κ2) is 7.70. The molecule has 5 heteroatoms. The SMILES string of the molecule is CC1(C)OC(=O)N(C(=O)COCc2ccccc2)[C@H]1Cc1ccccc1. The molecule has 0 saturated carbocycles. The van der Waals surface area contributed by atoms with E-state index in [1.54, 1.807) is 0 Å². The number of hydrogen-bond acceptors (Lipinski definition) is 4. The molecule has 0 aliphatic carbocycles. The van der Waals surface area contributed by atoms with Gasteiger partial charge in [-0.05, 0) is 31.4 Å². The highest BCUT2D eigenvalue weighted by atomic mass is 16.6. The van der Waals surface area contributed by atoms with Gasteiger partial charge in [0.1, 0.15) is 12.2 Å². The molecule has 0 N–H and O–H groups in total. The average Bonchev–Trinajstić information content (AvgIpc) is 2.85. The Hall–Kier alpha value is -2.66. The van der Waals surface area contributed by atoms with E-state index in [1.807, 2.05) is 74.5 Å². The lowest BCUT2D eigenvalue weighted by molar-refractivity contribution is -0.135. The Morgan fingerprint density at radius 3 is 2.23 bits per heavy atom. The van der Waals surface area contributed by atoms with Crippen LogP contribution in [0.4, 0.5) is 4.79 Å². The zero-order valence-electron chi connectivity index (χ0n) is 15.1. The molecule has 0 bridgehead atoms. The third-order valence-corrected chi connectivity index (χ3v) is 4.54. The van der Waals surface area contributed by atoms with E-state index in [0.717, 1.165) is 11.1 Å². The van der Waals surface area contributed by atoms with Crippen LogP contribution < -0.4 is 0 Å². The van der Waals surface area contributed by atoms with Crippen molar-refractivity contribution < 1.29 is 19.1 Å². The van der Waals surface area contributed by atoms with Crippen LogP contribution in [0.3, 0.4) is 0 Å². The van der Waals surface area contributed by atoms with E-state index < -0.39 is 11.7 Å². The van der Waals surface area contributed by atoms with Crippen LogP contribution in [-0.4, -0.2) is 35.2 Å². The number of cyclic esters (lactones) is 1. The maximum Gasteiger partial charge on any atom is 0.417 e. The van der Waals surface area contributed by atoms with Crippen LogP contribution in [0.25, 0.3) is 0 Å². The minimum absolute atomic E-state index is 0.161. The van der Waals surface area contributed by atoms with Crippen molar-refractivity contribution in [1.82, 2.24) is 4.90 Å². The van der Waals surface area contributed by atoms with Gasteiger partial charge in [0, 0.05) is 0 Å². The first-order valence-corrected chi connectivity index (χ1v) is 8.68. The molecule has 2 aromatic rings. The van der Waals surface area contributed by atoms with Gasteiger partial charge in [0.05, 0.1) is 12.6 Å². The fourth-order valence-electron chi connectivity index (χ4n) is 3.13. The van der Waals surface area contributed by atoms with Crippen LogP contribution in [0.1, 0.15) is 25.0 Å². The molecule has 0 aromatic heterocycles. The molecule has 1 aliphatic heterocycles. The van der Waals surface area contributed by atoms with Crippen molar-refractivity contribution in [1.29, 1.82) is 0 Å². The second-order valence-corrected chi connectivity index (χ2v) is 6.92. The normalized spacial score (nSPS) is 18.6. The molecule has 0 radical (unpaired) electrons. The predicted octanol–water partition coefficient (Wildman–Crippen LogP) is 3.57. The molecule has 1 aliphatic rings. The van der Waals surface area contributed by atoms with E-state index in [0.29, 0.717) is 13.0 Å². The largest absolute Gasteiger partial charge is 0.441 e. The molecule has 26 heavy (non-hydrogen) atoms. The summed E-state index contributed by atoms with van der Waals surface area (Å²) in [6, 6.07) is 19.0. The van der Waals surface area contributed by atoms with Crippen molar-refractivity contribution in [3.05, 3.63) is 71.8 Å². The van der Waals surface area contributed by atoms with Gasteiger partial charge in [0.15, 0.2) is 0 Å². The van der Waals surface area contributed by atoms with Crippen molar-refractivity contribution in [2.24, 2.45) is 0 Å². The van der Waals surface area contributed by atoms with E-state index in [4.69, 9.17) is 9.47 Å². The number of ether oxygens (including phenoxy) is 2. The quantitative estimate of drug-likeness (QED) is 0.797. The van der Waals surface area contributed by atoms with Gasteiger partial charge in [-0.3, -0.25) is 4.79 Å². The summed E-state index contributed by atoms with van der Waals surface area (Å²) < 4.78 is 11.0. The molecule has 2 amide bonds. The summed E-state index contributed by atoms with van der Waals surface area (Å²) in [6.07, 6.45) is -0.0615. The Kier molecular flexibility index (Phi) is 5.38. The first kappa shape index (κ1) is 18.1.